The normalized spacial score (nSPS) is 11.2. The summed E-state index contributed by atoms with van der Waals surface area (Å²) in [4.78, 5) is 14.2. The first-order chi connectivity index (χ1) is 14.1. The molecule has 0 spiro atoms. The van der Waals surface area contributed by atoms with Crippen molar-refractivity contribution >= 4 is 33.6 Å². The van der Waals surface area contributed by atoms with Gasteiger partial charge in [-0.05, 0) is 67.4 Å². The van der Waals surface area contributed by atoms with Crippen molar-refractivity contribution in [3.05, 3.63) is 83.6 Å². The maximum atomic E-state index is 12.6. The summed E-state index contributed by atoms with van der Waals surface area (Å²) < 4.78 is 5.63. The summed E-state index contributed by atoms with van der Waals surface area (Å²) in [5.41, 5.74) is 6.08. The SMILES string of the molecule is Cc1ccc(-n2nc3ccc(NC(=O)c4cc5ccccc5o4)cc3n2)cc1C. The van der Waals surface area contributed by atoms with Gasteiger partial charge in [-0.1, -0.05) is 24.3 Å². The van der Waals surface area contributed by atoms with E-state index in [4.69, 9.17) is 4.42 Å². The number of nitrogens with one attached hydrogen (secondary N) is 1. The number of amides is 1. The van der Waals surface area contributed by atoms with Gasteiger partial charge in [0.2, 0.25) is 0 Å². The van der Waals surface area contributed by atoms with Crippen molar-refractivity contribution < 1.29 is 9.21 Å². The van der Waals surface area contributed by atoms with Crippen LogP contribution in [0, 0.1) is 13.8 Å². The highest BCUT2D eigenvalue weighted by molar-refractivity contribution is 6.05. The van der Waals surface area contributed by atoms with Gasteiger partial charge >= 0.3 is 0 Å². The van der Waals surface area contributed by atoms with E-state index >= 15 is 0 Å². The van der Waals surface area contributed by atoms with Crippen molar-refractivity contribution in [1.29, 1.82) is 0 Å². The molecular weight excluding hydrogens is 364 g/mol. The zero-order valence-corrected chi connectivity index (χ0v) is 16.0. The zero-order chi connectivity index (χ0) is 20.0. The van der Waals surface area contributed by atoms with Gasteiger partial charge in [0.25, 0.3) is 5.91 Å². The maximum Gasteiger partial charge on any atom is 0.291 e. The molecule has 142 valence electrons. The number of aromatic nitrogens is 3. The second-order valence-corrected chi connectivity index (χ2v) is 7.06. The van der Waals surface area contributed by atoms with Crippen LogP contribution in [-0.4, -0.2) is 20.9 Å². The molecule has 0 aliphatic heterocycles. The minimum Gasteiger partial charge on any atom is -0.451 e. The van der Waals surface area contributed by atoms with Crippen LogP contribution in [0.4, 0.5) is 5.69 Å². The third kappa shape index (κ3) is 3.14. The van der Waals surface area contributed by atoms with Gasteiger partial charge in [-0.15, -0.1) is 10.2 Å². The van der Waals surface area contributed by atoms with E-state index in [1.54, 1.807) is 16.9 Å². The lowest BCUT2D eigenvalue weighted by Crippen LogP contribution is -2.10. The summed E-state index contributed by atoms with van der Waals surface area (Å²) in [6.07, 6.45) is 0. The van der Waals surface area contributed by atoms with Crippen molar-refractivity contribution in [3.8, 4) is 5.69 Å². The average Bonchev–Trinajstić information content (AvgIpc) is 3.33. The standard InChI is InChI=1S/C23H18N4O2/c1-14-7-9-18(11-15(14)2)27-25-19-10-8-17(13-20(19)26-27)24-23(28)22-12-16-5-3-4-6-21(16)29-22/h3-13H,1-2H3,(H,24,28). The molecule has 0 saturated heterocycles. The van der Waals surface area contributed by atoms with Crippen molar-refractivity contribution in [3.63, 3.8) is 0 Å². The second kappa shape index (κ2) is 6.60. The molecule has 0 aliphatic carbocycles. The molecule has 0 saturated carbocycles. The minimum absolute atomic E-state index is 0.269. The van der Waals surface area contributed by atoms with Gasteiger partial charge < -0.3 is 9.73 Å². The van der Waals surface area contributed by atoms with E-state index < -0.39 is 0 Å². The Morgan fingerprint density at radius 1 is 0.897 bits per heavy atom. The molecule has 5 rings (SSSR count). The maximum absolute atomic E-state index is 12.6. The number of anilines is 1. The summed E-state index contributed by atoms with van der Waals surface area (Å²) in [6.45, 7) is 4.14. The summed E-state index contributed by atoms with van der Waals surface area (Å²) in [5.74, 6) is -0.0350. The Morgan fingerprint density at radius 2 is 1.72 bits per heavy atom. The number of carbonyl (C=O) groups excluding carboxylic acids is 1. The van der Waals surface area contributed by atoms with Crippen LogP contribution in [0.2, 0.25) is 0 Å². The molecule has 0 radical (unpaired) electrons. The molecule has 1 N–H and O–H groups in total. The Hall–Kier alpha value is -3.93. The predicted molar refractivity (Wildman–Crippen MR) is 113 cm³/mol. The number of hydrogen-bond acceptors (Lipinski definition) is 4. The van der Waals surface area contributed by atoms with Crippen molar-refractivity contribution in [2.24, 2.45) is 0 Å². The number of rotatable bonds is 3. The van der Waals surface area contributed by atoms with E-state index in [-0.39, 0.29) is 11.7 Å². The van der Waals surface area contributed by atoms with Crippen LogP contribution < -0.4 is 5.32 Å². The lowest BCUT2D eigenvalue weighted by molar-refractivity contribution is 0.0998. The number of fused-ring (bicyclic) bond motifs is 2. The number of hydrogen-bond donors (Lipinski definition) is 1. The molecule has 0 atom stereocenters. The number of para-hydroxylation sites is 1. The van der Waals surface area contributed by atoms with Gasteiger partial charge in [-0.2, -0.15) is 4.80 Å². The fourth-order valence-electron chi connectivity index (χ4n) is 3.24. The molecule has 2 aromatic heterocycles. The Morgan fingerprint density at radius 3 is 2.55 bits per heavy atom. The quantitative estimate of drug-likeness (QED) is 0.475. The van der Waals surface area contributed by atoms with Crippen LogP contribution >= 0.6 is 0 Å². The largest absolute Gasteiger partial charge is 0.451 e. The lowest BCUT2D eigenvalue weighted by atomic mass is 10.1. The van der Waals surface area contributed by atoms with Crippen LogP contribution in [-0.2, 0) is 0 Å². The summed E-state index contributed by atoms with van der Waals surface area (Å²) >= 11 is 0. The number of nitrogens with zero attached hydrogens (tertiary/aromatic N) is 3. The van der Waals surface area contributed by atoms with E-state index in [2.05, 4.69) is 41.5 Å². The Labute approximate surface area is 166 Å². The highest BCUT2D eigenvalue weighted by Gasteiger charge is 2.13. The molecule has 6 nitrogen and oxygen atoms in total. The van der Waals surface area contributed by atoms with Gasteiger partial charge in [0.15, 0.2) is 5.76 Å². The van der Waals surface area contributed by atoms with Crippen LogP contribution in [0.1, 0.15) is 21.7 Å². The van der Waals surface area contributed by atoms with Gasteiger partial charge in [-0.25, -0.2) is 0 Å². The minimum atomic E-state index is -0.304. The van der Waals surface area contributed by atoms with Crippen LogP contribution in [0.5, 0.6) is 0 Å². The Bertz CT molecular complexity index is 1350. The molecule has 0 unspecified atom stereocenters. The summed E-state index contributed by atoms with van der Waals surface area (Å²) in [7, 11) is 0. The monoisotopic (exact) mass is 382 g/mol. The third-order valence-corrected chi connectivity index (χ3v) is 5.01. The Balaban J connectivity index is 1.43. The van der Waals surface area contributed by atoms with Crippen LogP contribution in [0.25, 0.3) is 27.7 Å². The van der Waals surface area contributed by atoms with Gasteiger partial charge in [0, 0.05) is 11.1 Å². The number of furan rings is 1. The first-order valence-electron chi connectivity index (χ1n) is 9.31. The molecular formula is C23H18N4O2. The highest BCUT2D eigenvalue weighted by atomic mass is 16.3. The smallest absolute Gasteiger partial charge is 0.291 e. The average molecular weight is 382 g/mol. The van der Waals surface area contributed by atoms with Crippen LogP contribution in [0.15, 0.2) is 71.1 Å². The number of carbonyl (C=O) groups is 1. The molecule has 2 heterocycles. The molecule has 0 bridgehead atoms. The molecule has 1 amide bonds. The topological polar surface area (TPSA) is 73.0 Å². The lowest BCUT2D eigenvalue weighted by Gasteiger charge is -2.03. The van der Waals surface area contributed by atoms with Gasteiger partial charge in [0.1, 0.15) is 16.6 Å². The van der Waals surface area contributed by atoms with E-state index in [1.807, 2.05) is 42.5 Å². The molecule has 6 heteroatoms. The summed E-state index contributed by atoms with van der Waals surface area (Å²) in [5, 5.41) is 12.9. The van der Waals surface area contributed by atoms with E-state index in [1.165, 1.54) is 11.1 Å². The van der Waals surface area contributed by atoms with E-state index in [0.29, 0.717) is 16.8 Å². The van der Waals surface area contributed by atoms with Crippen molar-refractivity contribution in [2.75, 3.05) is 5.32 Å². The van der Waals surface area contributed by atoms with Crippen molar-refractivity contribution in [2.45, 2.75) is 13.8 Å². The summed E-state index contributed by atoms with van der Waals surface area (Å²) in [6, 6.07) is 20.8. The van der Waals surface area contributed by atoms with Gasteiger partial charge in [-0.3, -0.25) is 4.79 Å². The Kier molecular flexibility index (Phi) is 3.91. The molecule has 5 aromatic rings. The third-order valence-electron chi connectivity index (χ3n) is 5.01. The fourth-order valence-corrected chi connectivity index (χ4v) is 3.24. The van der Waals surface area contributed by atoms with Crippen LogP contribution in [0.3, 0.4) is 0 Å². The molecule has 29 heavy (non-hydrogen) atoms. The van der Waals surface area contributed by atoms with Crippen molar-refractivity contribution in [1.82, 2.24) is 15.0 Å². The number of benzene rings is 3. The first kappa shape index (κ1) is 17.2. The molecule has 0 fully saturated rings. The highest BCUT2D eigenvalue weighted by Crippen LogP contribution is 2.22. The van der Waals surface area contributed by atoms with E-state index in [9.17, 15) is 4.79 Å². The molecule has 3 aromatic carbocycles. The second-order valence-electron chi connectivity index (χ2n) is 7.06. The predicted octanol–water partition coefficient (Wildman–Crippen LogP) is 5.04. The number of aryl methyl sites for hydroxylation is 2. The zero-order valence-electron chi connectivity index (χ0n) is 16.0. The fraction of sp³-hybridized carbons (Fsp3) is 0.0870. The van der Waals surface area contributed by atoms with E-state index in [0.717, 1.165) is 16.6 Å². The van der Waals surface area contributed by atoms with Gasteiger partial charge in [0.05, 0.1) is 5.69 Å². The molecule has 0 aliphatic rings. The first-order valence-corrected chi connectivity index (χ1v) is 9.31.